The zero-order valence-electron chi connectivity index (χ0n) is 9.06. The van der Waals surface area contributed by atoms with Crippen LogP contribution in [0.1, 0.15) is 0 Å². The summed E-state index contributed by atoms with van der Waals surface area (Å²) in [5.74, 6) is 0.629. The Morgan fingerprint density at radius 2 is 2.44 bits per heavy atom. The fraction of sp³-hybridized carbons (Fsp3) is 0.444. The van der Waals surface area contributed by atoms with Gasteiger partial charge < -0.3 is 14.7 Å². The lowest BCUT2D eigenvalue weighted by molar-refractivity contribution is -0.132. The molecule has 0 aliphatic carbocycles. The normalized spacial score (nSPS) is 23.7. The molecule has 0 bridgehead atoms. The highest BCUT2D eigenvalue weighted by Crippen LogP contribution is 2.24. The summed E-state index contributed by atoms with van der Waals surface area (Å²) in [6, 6.07) is 0. The van der Waals surface area contributed by atoms with Crippen molar-refractivity contribution in [3.8, 4) is 0 Å². The zero-order valence-corrected chi connectivity index (χ0v) is 10.6. The second-order valence-corrected chi connectivity index (χ2v) is 5.07. The standard InChI is InChI=1S/C9H9ClN4O3S/c10-8-7-9(12-3-11-8)14(4-13-7)17-5-2-18-6(1-15)16-5/h3-6,15H,1-2H2/t5-,6-/m0/s1. The van der Waals surface area contributed by atoms with E-state index in [-0.39, 0.29) is 17.2 Å². The van der Waals surface area contributed by atoms with Crippen molar-refractivity contribution in [1.82, 2.24) is 19.7 Å². The summed E-state index contributed by atoms with van der Waals surface area (Å²) in [5, 5.41) is 9.23. The second kappa shape index (κ2) is 4.88. The topological polar surface area (TPSA) is 82.3 Å². The van der Waals surface area contributed by atoms with E-state index in [0.717, 1.165) is 0 Å². The van der Waals surface area contributed by atoms with Gasteiger partial charge in [-0.25, -0.2) is 15.0 Å². The van der Waals surface area contributed by atoms with E-state index in [0.29, 0.717) is 16.9 Å². The summed E-state index contributed by atoms with van der Waals surface area (Å²) in [6.45, 7) is -0.0385. The van der Waals surface area contributed by atoms with Gasteiger partial charge in [0.15, 0.2) is 5.15 Å². The predicted octanol–water partition coefficient (Wildman–Crippen LogP) is 0.316. The number of imidazole rings is 1. The molecule has 1 aliphatic heterocycles. The number of nitrogens with zero attached hydrogens (tertiary/aromatic N) is 4. The van der Waals surface area contributed by atoms with Crippen LogP contribution in [-0.2, 0) is 4.74 Å². The fourth-order valence-corrected chi connectivity index (χ4v) is 2.57. The molecule has 18 heavy (non-hydrogen) atoms. The average Bonchev–Trinajstić information content (AvgIpc) is 2.98. The van der Waals surface area contributed by atoms with Gasteiger partial charge in [-0.15, -0.1) is 16.5 Å². The number of aliphatic hydroxyl groups is 1. The second-order valence-electron chi connectivity index (χ2n) is 3.52. The largest absolute Gasteiger partial charge is 0.393 e. The first-order chi connectivity index (χ1) is 8.78. The van der Waals surface area contributed by atoms with Crippen molar-refractivity contribution in [3.05, 3.63) is 17.8 Å². The lowest BCUT2D eigenvalue weighted by Crippen LogP contribution is -2.27. The number of aliphatic hydroxyl groups excluding tert-OH is 1. The summed E-state index contributed by atoms with van der Waals surface area (Å²) < 4.78 is 6.83. The number of aromatic nitrogens is 4. The summed E-state index contributed by atoms with van der Waals surface area (Å²) in [4.78, 5) is 17.5. The Morgan fingerprint density at radius 1 is 1.56 bits per heavy atom. The summed E-state index contributed by atoms with van der Waals surface area (Å²) in [5.41, 5.74) is 0.711. The average molecular weight is 289 g/mol. The highest BCUT2D eigenvalue weighted by atomic mass is 35.5. The number of halogens is 1. The first-order valence-electron chi connectivity index (χ1n) is 5.16. The Labute approximate surface area is 111 Å². The van der Waals surface area contributed by atoms with Crippen LogP contribution in [-0.4, -0.2) is 48.9 Å². The van der Waals surface area contributed by atoms with Gasteiger partial charge in [-0.2, -0.15) is 0 Å². The van der Waals surface area contributed by atoms with E-state index < -0.39 is 6.29 Å². The van der Waals surface area contributed by atoms with Gasteiger partial charge in [0, 0.05) is 0 Å². The zero-order chi connectivity index (χ0) is 12.5. The first-order valence-corrected chi connectivity index (χ1v) is 6.59. The third-order valence-corrected chi connectivity index (χ3v) is 3.73. The Bertz CT molecular complexity index is 566. The number of thioether (sulfide) groups is 1. The van der Waals surface area contributed by atoms with Crippen LogP contribution in [0.4, 0.5) is 0 Å². The minimum Gasteiger partial charge on any atom is -0.393 e. The van der Waals surface area contributed by atoms with Gasteiger partial charge in [0.25, 0.3) is 0 Å². The van der Waals surface area contributed by atoms with Crippen LogP contribution in [0.25, 0.3) is 11.2 Å². The molecule has 0 spiro atoms. The van der Waals surface area contributed by atoms with Gasteiger partial charge in [0.05, 0.1) is 12.4 Å². The number of ether oxygens (including phenoxy) is 1. The Morgan fingerprint density at radius 3 is 3.22 bits per heavy atom. The molecule has 1 fully saturated rings. The molecule has 0 radical (unpaired) electrons. The van der Waals surface area contributed by atoms with Crippen molar-refractivity contribution in [2.75, 3.05) is 12.4 Å². The molecule has 3 heterocycles. The smallest absolute Gasteiger partial charge is 0.235 e. The van der Waals surface area contributed by atoms with E-state index in [2.05, 4.69) is 15.0 Å². The number of rotatable bonds is 3. The quantitative estimate of drug-likeness (QED) is 0.814. The molecule has 2 atom stereocenters. The summed E-state index contributed by atoms with van der Waals surface area (Å²) >= 11 is 7.37. The molecule has 0 amide bonds. The minimum atomic E-state index is -0.446. The maximum atomic E-state index is 8.96. The Balaban J connectivity index is 1.81. The maximum Gasteiger partial charge on any atom is 0.235 e. The molecule has 1 N–H and O–H groups in total. The van der Waals surface area contributed by atoms with Crippen LogP contribution < -0.4 is 4.84 Å². The Kier molecular flexibility index (Phi) is 3.25. The highest BCUT2D eigenvalue weighted by Gasteiger charge is 2.27. The van der Waals surface area contributed by atoms with Crippen molar-refractivity contribution in [2.24, 2.45) is 0 Å². The molecular formula is C9H9ClN4O3S. The molecule has 7 nitrogen and oxygen atoms in total. The van der Waals surface area contributed by atoms with Gasteiger partial charge in [0.2, 0.25) is 11.9 Å². The molecule has 3 rings (SSSR count). The molecule has 1 saturated heterocycles. The van der Waals surface area contributed by atoms with Crippen LogP contribution in [0.5, 0.6) is 0 Å². The van der Waals surface area contributed by atoms with Crippen molar-refractivity contribution >= 4 is 34.5 Å². The van der Waals surface area contributed by atoms with Gasteiger partial charge >= 0.3 is 0 Å². The first kappa shape index (κ1) is 12.0. The van der Waals surface area contributed by atoms with Crippen LogP contribution in [0, 0.1) is 0 Å². The lowest BCUT2D eigenvalue weighted by Gasteiger charge is -2.13. The third-order valence-electron chi connectivity index (χ3n) is 2.36. The third kappa shape index (κ3) is 2.12. The van der Waals surface area contributed by atoms with Gasteiger partial charge in [-0.1, -0.05) is 11.6 Å². The molecule has 96 valence electrons. The molecule has 9 heteroatoms. The van der Waals surface area contributed by atoms with E-state index in [1.807, 2.05) is 0 Å². The maximum absolute atomic E-state index is 8.96. The monoisotopic (exact) mass is 288 g/mol. The molecule has 1 aliphatic rings. The van der Waals surface area contributed by atoms with Crippen molar-refractivity contribution in [2.45, 2.75) is 11.7 Å². The van der Waals surface area contributed by atoms with E-state index in [1.165, 1.54) is 29.1 Å². The fourth-order valence-electron chi connectivity index (χ4n) is 1.57. The van der Waals surface area contributed by atoms with Crippen LogP contribution in [0.3, 0.4) is 0 Å². The molecule has 0 unspecified atom stereocenters. The van der Waals surface area contributed by atoms with Crippen LogP contribution in [0.15, 0.2) is 12.7 Å². The molecule has 2 aromatic rings. The molecule has 2 aromatic heterocycles. The van der Waals surface area contributed by atoms with Crippen molar-refractivity contribution in [3.63, 3.8) is 0 Å². The molecular weight excluding hydrogens is 280 g/mol. The molecule has 0 aromatic carbocycles. The lowest BCUT2D eigenvalue weighted by atomic mass is 10.6. The highest BCUT2D eigenvalue weighted by molar-refractivity contribution is 8.00. The van der Waals surface area contributed by atoms with Gasteiger partial charge in [0.1, 0.15) is 23.6 Å². The van der Waals surface area contributed by atoms with E-state index in [9.17, 15) is 0 Å². The van der Waals surface area contributed by atoms with Crippen LogP contribution >= 0.6 is 23.4 Å². The number of hydrogen-bond donors (Lipinski definition) is 1. The van der Waals surface area contributed by atoms with Gasteiger partial charge in [-0.3, -0.25) is 0 Å². The molecule has 0 saturated carbocycles. The predicted molar refractivity (Wildman–Crippen MR) is 65.1 cm³/mol. The summed E-state index contributed by atoms with van der Waals surface area (Å²) in [6.07, 6.45) is 2.36. The number of fused-ring (bicyclic) bond motifs is 1. The summed E-state index contributed by atoms with van der Waals surface area (Å²) in [7, 11) is 0. The SMILES string of the molecule is OC[C@H]1O[C@@H](On2cnc3c(Cl)ncnc32)CS1. The van der Waals surface area contributed by atoms with Crippen molar-refractivity contribution < 1.29 is 14.7 Å². The van der Waals surface area contributed by atoms with E-state index in [4.69, 9.17) is 26.3 Å². The Hall–Kier alpha value is -1.09. The van der Waals surface area contributed by atoms with Crippen molar-refractivity contribution in [1.29, 1.82) is 0 Å². The van der Waals surface area contributed by atoms with E-state index in [1.54, 1.807) is 0 Å². The van der Waals surface area contributed by atoms with Crippen LogP contribution in [0.2, 0.25) is 5.15 Å². The van der Waals surface area contributed by atoms with Gasteiger partial charge in [-0.05, 0) is 0 Å². The number of hydrogen-bond acceptors (Lipinski definition) is 7. The minimum absolute atomic E-state index is 0.0385. The van der Waals surface area contributed by atoms with E-state index >= 15 is 0 Å².